The van der Waals surface area contributed by atoms with Gasteiger partial charge in [0.2, 0.25) is 0 Å². The normalized spacial score (nSPS) is 20.4. The van der Waals surface area contributed by atoms with Gasteiger partial charge in [-0.25, -0.2) is 9.59 Å². The zero-order chi connectivity index (χ0) is 22.6. The number of hydrogen-bond donors (Lipinski definition) is 3. The minimum absolute atomic E-state index is 0.291. The van der Waals surface area contributed by atoms with E-state index in [1.165, 1.54) is 16.8 Å². The van der Waals surface area contributed by atoms with Crippen LogP contribution in [0.25, 0.3) is 0 Å². The number of aromatic amines is 1. The van der Waals surface area contributed by atoms with E-state index < -0.39 is 41.3 Å². The minimum Gasteiger partial charge on any atom is -0.444 e. The number of alkyl carbamates (subject to hydrolysis) is 1. The molecule has 31 heavy (non-hydrogen) atoms. The molecular formula is C21H28N4O6. The van der Waals surface area contributed by atoms with E-state index in [0.29, 0.717) is 13.0 Å². The SMILES string of the molecule is CC(C)(C)OC(=O)N[C@@H](CO)[C@@H]1C[C@@H](n2ccc(=O)[nH]c2=O)ON1Cc1ccccc1. The van der Waals surface area contributed by atoms with Gasteiger partial charge in [0.25, 0.3) is 5.56 Å². The molecule has 1 amide bonds. The average Bonchev–Trinajstić information content (AvgIpc) is 3.08. The highest BCUT2D eigenvalue weighted by atomic mass is 16.7. The second kappa shape index (κ2) is 9.46. The molecule has 10 heteroatoms. The Morgan fingerprint density at radius 3 is 2.61 bits per heavy atom. The monoisotopic (exact) mass is 432 g/mol. The number of ether oxygens (including phenoxy) is 1. The van der Waals surface area contributed by atoms with Gasteiger partial charge in [-0.05, 0) is 26.3 Å². The fourth-order valence-corrected chi connectivity index (χ4v) is 3.43. The molecule has 2 heterocycles. The van der Waals surface area contributed by atoms with Crippen molar-refractivity contribution >= 4 is 6.09 Å². The number of hydrogen-bond acceptors (Lipinski definition) is 7. The minimum atomic E-state index is -0.715. The molecular weight excluding hydrogens is 404 g/mol. The fourth-order valence-electron chi connectivity index (χ4n) is 3.43. The summed E-state index contributed by atoms with van der Waals surface area (Å²) in [7, 11) is 0. The van der Waals surface area contributed by atoms with Crippen LogP contribution < -0.4 is 16.6 Å². The fraction of sp³-hybridized carbons (Fsp3) is 0.476. The Hall–Kier alpha value is -2.95. The highest BCUT2D eigenvalue weighted by Crippen LogP contribution is 2.31. The summed E-state index contributed by atoms with van der Waals surface area (Å²) in [5.41, 5.74) is -0.836. The Morgan fingerprint density at radius 1 is 1.29 bits per heavy atom. The Bertz CT molecular complexity index is 997. The summed E-state index contributed by atoms with van der Waals surface area (Å²) in [6.45, 7) is 5.26. The molecule has 1 aliphatic heterocycles. The molecule has 1 aromatic heterocycles. The second-order valence-corrected chi connectivity index (χ2v) is 8.38. The first kappa shape index (κ1) is 22.7. The molecule has 3 rings (SSSR count). The van der Waals surface area contributed by atoms with Gasteiger partial charge >= 0.3 is 11.8 Å². The van der Waals surface area contributed by atoms with Gasteiger partial charge in [0, 0.05) is 25.2 Å². The number of aromatic nitrogens is 2. The van der Waals surface area contributed by atoms with Crippen LogP contribution in [-0.2, 0) is 16.1 Å². The molecule has 1 aliphatic rings. The number of carbonyl (C=O) groups is 1. The average molecular weight is 432 g/mol. The van der Waals surface area contributed by atoms with Gasteiger partial charge in [0.15, 0.2) is 6.23 Å². The third-order valence-corrected chi connectivity index (χ3v) is 4.78. The molecule has 0 radical (unpaired) electrons. The molecule has 0 bridgehead atoms. The molecule has 3 atom stereocenters. The lowest BCUT2D eigenvalue weighted by Crippen LogP contribution is -2.51. The largest absolute Gasteiger partial charge is 0.444 e. The van der Waals surface area contributed by atoms with Gasteiger partial charge in [0.05, 0.1) is 18.7 Å². The lowest BCUT2D eigenvalue weighted by molar-refractivity contribution is -0.194. The summed E-state index contributed by atoms with van der Waals surface area (Å²) in [4.78, 5) is 44.2. The predicted molar refractivity (Wildman–Crippen MR) is 112 cm³/mol. The van der Waals surface area contributed by atoms with E-state index in [2.05, 4.69) is 10.3 Å². The maximum atomic E-state index is 12.3. The quantitative estimate of drug-likeness (QED) is 0.625. The van der Waals surface area contributed by atoms with Crippen LogP contribution in [0.15, 0.2) is 52.2 Å². The van der Waals surface area contributed by atoms with Gasteiger partial charge in [-0.2, -0.15) is 5.06 Å². The van der Waals surface area contributed by atoms with Crippen molar-refractivity contribution in [3.8, 4) is 0 Å². The topological polar surface area (TPSA) is 126 Å². The number of H-pyrrole nitrogens is 1. The van der Waals surface area contributed by atoms with Crippen LogP contribution in [0.2, 0.25) is 0 Å². The van der Waals surface area contributed by atoms with Crippen molar-refractivity contribution < 1.29 is 19.5 Å². The van der Waals surface area contributed by atoms with Crippen LogP contribution in [0, 0.1) is 0 Å². The summed E-state index contributed by atoms with van der Waals surface area (Å²) in [6, 6.07) is 9.62. The van der Waals surface area contributed by atoms with E-state index >= 15 is 0 Å². The molecule has 168 valence electrons. The van der Waals surface area contributed by atoms with E-state index in [1.807, 2.05) is 30.3 Å². The highest BCUT2D eigenvalue weighted by Gasteiger charge is 2.40. The molecule has 0 saturated carbocycles. The van der Waals surface area contributed by atoms with Crippen molar-refractivity contribution in [3.05, 3.63) is 69.0 Å². The number of amides is 1. The van der Waals surface area contributed by atoms with Crippen LogP contribution in [0.3, 0.4) is 0 Å². The smallest absolute Gasteiger partial charge is 0.408 e. The second-order valence-electron chi connectivity index (χ2n) is 8.38. The highest BCUT2D eigenvalue weighted by molar-refractivity contribution is 5.68. The molecule has 0 aliphatic carbocycles. The predicted octanol–water partition coefficient (Wildman–Crippen LogP) is 1.13. The first-order valence-electron chi connectivity index (χ1n) is 10.1. The van der Waals surface area contributed by atoms with E-state index in [1.54, 1.807) is 25.8 Å². The van der Waals surface area contributed by atoms with Crippen LogP contribution in [0.1, 0.15) is 39.0 Å². The summed E-state index contributed by atoms with van der Waals surface area (Å²) in [6.07, 6.45) is 0.285. The number of aliphatic hydroxyl groups is 1. The Labute approximate surface area is 179 Å². The zero-order valence-electron chi connectivity index (χ0n) is 17.8. The molecule has 10 nitrogen and oxygen atoms in total. The third-order valence-electron chi connectivity index (χ3n) is 4.78. The number of hydroxylamine groups is 2. The number of carbonyl (C=O) groups excluding carboxylic acids is 1. The lowest BCUT2D eigenvalue weighted by atomic mass is 10.0. The Balaban J connectivity index is 1.84. The summed E-state index contributed by atoms with van der Waals surface area (Å²) < 4.78 is 6.59. The lowest BCUT2D eigenvalue weighted by Gasteiger charge is -2.30. The first-order chi connectivity index (χ1) is 14.7. The Morgan fingerprint density at radius 2 is 2.00 bits per heavy atom. The third kappa shape index (κ3) is 6.03. The van der Waals surface area contributed by atoms with Crippen molar-refractivity contribution in [2.75, 3.05) is 6.61 Å². The van der Waals surface area contributed by atoms with Gasteiger partial charge in [0.1, 0.15) is 5.60 Å². The maximum Gasteiger partial charge on any atom is 0.408 e. The van der Waals surface area contributed by atoms with E-state index in [4.69, 9.17) is 9.57 Å². The Kier molecular flexibility index (Phi) is 6.94. The van der Waals surface area contributed by atoms with Crippen molar-refractivity contribution in [1.29, 1.82) is 0 Å². The van der Waals surface area contributed by atoms with Crippen molar-refractivity contribution in [2.45, 2.75) is 57.6 Å². The van der Waals surface area contributed by atoms with Crippen LogP contribution in [-0.4, -0.2) is 50.1 Å². The van der Waals surface area contributed by atoms with Crippen molar-refractivity contribution in [1.82, 2.24) is 19.9 Å². The molecule has 2 aromatic rings. The summed E-state index contributed by atoms with van der Waals surface area (Å²) in [5.74, 6) is 0. The zero-order valence-corrected chi connectivity index (χ0v) is 17.8. The van der Waals surface area contributed by atoms with Crippen molar-refractivity contribution in [2.24, 2.45) is 0 Å². The number of benzene rings is 1. The molecule has 0 unspecified atom stereocenters. The number of rotatable bonds is 6. The molecule has 1 fully saturated rings. The maximum absolute atomic E-state index is 12.3. The van der Waals surface area contributed by atoms with E-state index in [-0.39, 0.29) is 6.61 Å². The van der Waals surface area contributed by atoms with Crippen LogP contribution in [0.4, 0.5) is 4.79 Å². The van der Waals surface area contributed by atoms with Gasteiger partial charge < -0.3 is 15.2 Å². The summed E-state index contributed by atoms with van der Waals surface area (Å²) in [5, 5.41) is 14.3. The van der Waals surface area contributed by atoms with Gasteiger partial charge in [-0.3, -0.25) is 19.2 Å². The number of aliphatic hydroxyl groups excluding tert-OH is 1. The van der Waals surface area contributed by atoms with Gasteiger partial charge in [-0.1, -0.05) is 30.3 Å². The molecule has 0 spiro atoms. The van der Waals surface area contributed by atoms with E-state index in [0.717, 1.165) is 5.56 Å². The summed E-state index contributed by atoms with van der Waals surface area (Å²) >= 11 is 0. The molecule has 1 saturated heterocycles. The van der Waals surface area contributed by atoms with Crippen molar-refractivity contribution in [3.63, 3.8) is 0 Å². The number of nitrogens with zero attached hydrogens (tertiary/aromatic N) is 2. The first-order valence-corrected chi connectivity index (χ1v) is 10.1. The van der Waals surface area contributed by atoms with Gasteiger partial charge in [-0.15, -0.1) is 0 Å². The number of nitrogens with one attached hydrogen (secondary N) is 2. The van der Waals surface area contributed by atoms with E-state index in [9.17, 15) is 19.5 Å². The molecule has 1 aromatic carbocycles. The van der Waals surface area contributed by atoms with Crippen LogP contribution >= 0.6 is 0 Å². The molecule has 3 N–H and O–H groups in total. The standard InChI is InChI=1S/C21H28N4O6/c1-21(2,3)30-20(29)22-15(13-26)16-11-18(24-10-9-17(27)23-19(24)28)31-25(16)12-14-7-5-4-6-8-14/h4-10,15-16,18,26H,11-13H2,1-3H3,(H,22,29)(H,23,27,28)/t15-,16-,18-/m0/s1. The van der Waals surface area contributed by atoms with Crippen LogP contribution in [0.5, 0.6) is 0 Å².